The van der Waals surface area contributed by atoms with Crippen molar-refractivity contribution in [3.8, 4) is 0 Å². The highest BCUT2D eigenvalue weighted by Crippen LogP contribution is 2.15. The summed E-state index contributed by atoms with van der Waals surface area (Å²) < 4.78 is 63.9. The molecule has 27 heavy (non-hydrogen) atoms. The Bertz CT molecular complexity index is 925. The Morgan fingerprint density at radius 1 is 0.778 bits per heavy atom. The summed E-state index contributed by atoms with van der Waals surface area (Å²) in [5, 5.41) is 0. The molecule has 2 aromatic rings. The Hall–Kier alpha value is -1.82. The van der Waals surface area contributed by atoms with Crippen molar-refractivity contribution in [2.24, 2.45) is 0 Å². The average Bonchev–Trinajstić information content (AvgIpc) is 2.68. The molecule has 2 N–H and O–H groups in total. The fourth-order valence-corrected chi connectivity index (χ4v) is 4.21. The smallest absolute Gasteiger partial charge is 0.240 e. The molecule has 0 aromatic heterocycles. The maximum absolute atomic E-state index is 12.3. The predicted molar refractivity (Wildman–Crippen MR) is 99.9 cm³/mol. The van der Waals surface area contributed by atoms with Crippen LogP contribution in [0, 0.1) is 0 Å². The Kier molecular flexibility index (Phi) is 7.48. The number of hydrogen-bond acceptors (Lipinski definition) is 6. The number of benzene rings is 2. The van der Waals surface area contributed by atoms with Gasteiger partial charge in [-0.2, -0.15) is 0 Å². The van der Waals surface area contributed by atoms with Crippen molar-refractivity contribution in [2.45, 2.75) is 22.6 Å². The third kappa shape index (κ3) is 6.09. The number of ether oxygens (including phenoxy) is 2. The molecule has 0 spiro atoms. The fraction of sp³-hybridized carbons (Fsp3) is 0.294. The van der Waals surface area contributed by atoms with Gasteiger partial charge >= 0.3 is 0 Å². The second-order valence-electron chi connectivity index (χ2n) is 5.53. The van der Waals surface area contributed by atoms with Crippen molar-refractivity contribution in [2.75, 3.05) is 20.8 Å². The molecule has 2 aromatic carbocycles. The van der Waals surface area contributed by atoms with E-state index < -0.39 is 26.3 Å². The maximum Gasteiger partial charge on any atom is 0.240 e. The molecule has 0 fully saturated rings. The van der Waals surface area contributed by atoms with E-state index in [-0.39, 0.29) is 22.9 Å². The number of methoxy groups -OCH3 is 2. The summed E-state index contributed by atoms with van der Waals surface area (Å²) in [5.41, 5.74) is 0.815. The molecule has 148 valence electrons. The summed E-state index contributed by atoms with van der Waals surface area (Å²) in [7, 11) is -4.79. The Morgan fingerprint density at radius 3 is 1.74 bits per heavy atom. The Labute approximate surface area is 159 Å². The highest BCUT2D eigenvalue weighted by molar-refractivity contribution is 7.90. The molecular formula is C17H22N2O6S2. The van der Waals surface area contributed by atoms with Gasteiger partial charge in [0.25, 0.3) is 0 Å². The van der Waals surface area contributed by atoms with Crippen molar-refractivity contribution < 1.29 is 26.3 Å². The van der Waals surface area contributed by atoms with Crippen LogP contribution in [-0.2, 0) is 36.1 Å². The highest BCUT2D eigenvalue weighted by Gasteiger charge is 2.19. The average molecular weight is 415 g/mol. The number of nitrogens with one attached hydrogen (secondary N) is 2. The monoisotopic (exact) mass is 414 g/mol. The van der Waals surface area contributed by atoms with Crippen LogP contribution >= 0.6 is 0 Å². The molecule has 8 nitrogen and oxygen atoms in total. The first kappa shape index (κ1) is 21.5. The van der Waals surface area contributed by atoms with E-state index in [2.05, 4.69) is 9.44 Å². The summed E-state index contributed by atoms with van der Waals surface area (Å²) >= 11 is 0. The molecule has 0 saturated heterocycles. The fourth-order valence-electron chi connectivity index (χ4n) is 2.18. The molecule has 0 amide bonds. The molecule has 0 unspecified atom stereocenters. The normalized spacial score (nSPS) is 12.4. The van der Waals surface area contributed by atoms with Crippen LogP contribution in [0.4, 0.5) is 0 Å². The lowest BCUT2D eigenvalue weighted by Crippen LogP contribution is -2.34. The third-order valence-corrected chi connectivity index (χ3v) is 6.58. The van der Waals surface area contributed by atoms with Crippen molar-refractivity contribution in [1.82, 2.24) is 9.44 Å². The van der Waals surface area contributed by atoms with Gasteiger partial charge in [-0.3, -0.25) is 0 Å². The predicted octanol–water partition coefficient (Wildman–Crippen LogP) is 1.06. The van der Waals surface area contributed by atoms with Crippen LogP contribution in [0.1, 0.15) is 5.56 Å². The number of rotatable bonds is 10. The molecule has 10 heteroatoms. The van der Waals surface area contributed by atoms with Crippen molar-refractivity contribution in [3.05, 3.63) is 60.2 Å². The van der Waals surface area contributed by atoms with Gasteiger partial charge in [0, 0.05) is 20.8 Å². The van der Waals surface area contributed by atoms with Crippen LogP contribution < -0.4 is 9.44 Å². The van der Waals surface area contributed by atoms with Gasteiger partial charge in [-0.15, -0.1) is 0 Å². The van der Waals surface area contributed by atoms with E-state index in [1.165, 1.54) is 38.5 Å². The van der Waals surface area contributed by atoms with E-state index in [1.807, 2.05) is 18.2 Å². The van der Waals surface area contributed by atoms with Gasteiger partial charge in [-0.1, -0.05) is 30.3 Å². The van der Waals surface area contributed by atoms with E-state index in [9.17, 15) is 16.8 Å². The summed E-state index contributed by atoms with van der Waals surface area (Å²) in [6, 6.07) is 14.0. The molecule has 0 radical (unpaired) electrons. The number of hydrogen-bond donors (Lipinski definition) is 2. The van der Waals surface area contributed by atoms with Crippen LogP contribution in [0.3, 0.4) is 0 Å². The van der Waals surface area contributed by atoms with E-state index in [1.54, 1.807) is 12.1 Å². The zero-order valence-electron chi connectivity index (χ0n) is 15.0. The summed E-state index contributed by atoms with van der Waals surface area (Å²) in [6.07, 6.45) is -0.721. The minimum Gasteiger partial charge on any atom is -0.355 e. The molecule has 0 aliphatic heterocycles. The standard InChI is InChI=1S/C17H22N2O6S2/c1-24-17(25-2)13-19-27(22,23)16-10-8-15(9-11-16)26(20,21)18-12-14-6-4-3-5-7-14/h3-11,17-19H,12-13H2,1-2H3. The lowest BCUT2D eigenvalue weighted by molar-refractivity contribution is -0.0960. The second kappa shape index (κ2) is 9.40. The Morgan fingerprint density at radius 2 is 1.26 bits per heavy atom. The van der Waals surface area contributed by atoms with Crippen molar-refractivity contribution in [3.63, 3.8) is 0 Å². The molecule has 0 aliphatic carbocycles. The Balaban J connectivity index is 2.06. The van der Waals surface area contributed by atoms with Gasteiger partial charge in [0.1, 0.15) is 0 Å². The molecule has 0 aliphatic rings. The van der Waals surface area contributed by atoms with Gasteiger partial charge in [0.05, 0.1) is 16.3 Å². The summed E-state index contributed by atoms with van der Waals surface area (Å²) in [5.74, 6) is 0. The van der Waals surface area contributed by atoms with E-state index in [0.29, 0.717) is 0 Å². The van der Waals surface area contributed by atoms with E-state index in [4.69, 9.17) is 9.47 Å². The van der Waals surface area contributed by atoms with E-state index in [0.717, 1.165) is 5.56 Å². The van der Waals surface area contributed by atoms with Gasteiger partial charge in [-0.25, -0.2) is 26.3 Å². The first-order chi connectivity index (χ1) is 12.8. The summed E-state index contributed by atoms with van der Waals surface area (Å²) in [4.78, 5) is -0.0838. The lowest BCUT2D eigenvalue weighted by atomic mass is 10.2. The van der Waals surface area contributed by atoms with Crippen LogP contribution in [0.5, 0.6) is 0 Å². The van der Waals surface area contributed by atoms with E-state index >= 15 is 0 Å². The zero-order valence-corrected chi connectivity index (χ0v) is 16.6. The van der Waals surface area contributed by atoms with Crippen molar-refractivity contribution >= 4 is 20.0 Å². The minimum absolute atomic E-state index is 0.0240. The molecular weight excluding hydrogens is 392 g/mol. The second-order valence-corrected chi connectivity index (χ2v) is 9.07. The zero-order chi connectivity index (χ0) is 19.9. The minimum atomic E-state index is -3.82. The molecule has 0 atom stereocenters. The summed E-state index contributed by atoms with van der Waals surface area (Å²) in [6.45, 7) is 0.0637. The van der Waals surface area contributed by atoms with Gasteiger partial charge in [0.2, 0.25) is 20.0 Å². The third-order valence-electron chi connectivity index (χ3n) is 3.72. The molecule has 2 rings (SSSR count). The van der Waals surface area contributed by atoms with Crippen LogP contribution in [-0.4, -0.2) is 43.9 Å². The molecule has 0 bridgehead atoms. The highest BCUT2D eigenvalue weighted by atomic mass is 32.2. The topological polar surface area (TPSA) is 111 Å². The van der Waals surface area contributed by atoms with Crippen molar-refractivity contribution in [1.29, 1.82) is 0 Å². The number of sulfonamides is 2. The van der Waals surface area contributed by atoms with Crippen LogP contribution in [0.15, 0.2) is 64.4 Å². The molecule has 0 heterocycles. The van der Waals surface area contributed by atoms with Crippen LogP contribution in [0.2, 0.25) is 0 Å². The SMILES string of the molecule is COC(CNS(=O)(=O)c1ccc(S(=O)(=O)NCc2ccccc2)cc1)OC. The lowest BCUT2D eigenvalue weighted by Gasteiger charge is -2.14. The maximum atomic E-state index is 12.3. The van der Waals surface area contributed by atoms with Gasteiger partial charge in [0.15, 0.2) is 6.29 Å². The first-order valence-electron chi connectivity index (χ1n) is 7.97. The van der Waals surface area contributed by atoms with Gasteiger partial charge < -0.3 is 9.47 Å². The van der Waals surface area contributed by atoms with Gasteiger partial charge in [-0.05, 0) is 29.8 Å². The largest absolute Gasteiger partial charge is 0.355 e. The quantitative estimate of drug-likeness (QED) is 0.563. The first-order valence-corrected chi connectivity index (χ1v) is 10.9. The van der Waals surface area contributed by atoms with Crippen LogP contribution in [0.25, 0.3) is 0 Å². The molecule has 0 saturated carbocycles.